The number of ether oxygens (including phenoxy) is 1. The minimum Gasteiger partial charge on any atom is -0.497 e. The zero-order valence-corrected chi connectivity index (χ0v) is 16.6. The SMILES string of the molecule is COc1ccc(N2C=CC(C3=CC(C)N(c4cccc(C#N)c4)C=C3)=CC2)cc1. The van der Waals surface area contributed by atoms with Crippen LogP contribution in [0.25, 0.3) is 0 Å². The van der Waals surface area contributed by atoms with Crippen molar-refractivity contribution < 1.29 is 4.74 Å². The molecule has 2 aliphatic rings. The van der Waals surface area contributed by atoms with Crippen molar-refractivity contribution in [1.29, 1.82) is 5.26 Å². The van der Waals surface area contributed by atoms with E-state index in [4.69, 9.17) is 10.00 Å². The fraction of sp³-hybridized carbons (Fsp3) is 0.160. The van der Waals surface area contributed by atoms with Gasteiger partial charge in [0.1, 0.15) is 5.75 Å². The molecule has 0 radical (unpaired) electrons. The van der Waals surface area contributed by atoms with Crippen molar-refractivity contribution in [1.82, 2.24) is 0 Å². The van der Waals surface area contributed by atoms with Crippen LogP contribution in [0.4, 0.5) is 11.4 Å². The van der Waals surface area contributed by atoms with Crippen LogP contribution in [-0.2, 0) is 0 Å². The van der Waals surface area contributed by atoms with Gasteiger partial charge in [0.05, 0.1) is 18.7 Å². The van der Waals surface area contributed by atoms with Gasteiger partial charge in [-0.15, -0.1) is 0 Å². The molecule has 0 bridgehead atoms. The second kappa shape index (κ2) is 8.12. The summed E-state index contributed by atoms with van der Waals surface area (Å²) < 4.78 is 5.23. The van der Waals surface area contributed by atoms with Crippen molar-refractivity contribution in [2.45, 2.75) is 13.0 Å². The van der Waals surface area contributed by atoms with Crippen LogP contribution in [0.15, 0.2) is 96.4 Å². The molecular weight excluding hydrogens is 358 g/mol. The molecule has 0 saturated heterocycles. The molecule has 1 atom stereocenters. The molecule has 4 rings (SSSR count). The summed E-state index contributed by atoms with van der Waals surface area (Å²) in [6.45, 7) is 2.99. The highest BCUT2D eigenvalue weighted by molar-refractivity contribution is 5.62. The van der Waals surface area contributed by atoms with Gasteiger partial charge in [0.2, 0.25) is 0 Å². The van der Waals surface area contributed by atoms with Crippen molar-refractivity contribution in [2.75, 3.05) is 23.5 Å². The van der Waals surface area contributed by atoms with Gasteiger partial charge in [0, 0.05) is 36.4 Å². The number of allylic oxidation sites excluding steroid dienone is 4. The number of rotatable bonds is 4. The fourth-order valence-electron chi connectivity index (χ4n) is 3.62. The maximum atomic E-state index is 9.14. The molecule has 0 aliphatic carbocycles. The Bertz CT molecular complexity index is 1050. The number of benzene rings is 2. The molecular formula is C25H23N3O. The molecule has 0 spiro atoms. The van der Waals surface area contributed by atoms with Gasteiger partial charge in [-0.05, 0) is 72.7 Å². The highest BCUT2D eigenvalue weighted by atomic mass is 16.5. The summed E-state index contributed by atoms with van der Waals surface area (Å²) in [5.74, 6) is 0.863. The van der Waals surface area contributed by atoms with Gasteiger partial charge < -0.3 is 14.5 Å². The van der Waals surface area contributed by atoms with E-state index in [9.17, 15) is 0 Å². The highest BCUT2D eigenvalue weighted by Crippen LogP contribution is 2.29. The van der Waals surface area contributed by atoms with Gasteiger partial charge in [-0.2, -0.15) is 5.26 Å². The van der Waals surface area contributed by atoms with Crippen molar-refractivity contribution in [3.05, 3.63) is 102 Å². The highest BCUT2D eigenvalue weighted by Gasteiger charge is 2.17. The van der Waals surface area contributed by atoms with Gasteiger partial charge in [-0.3, -0.25) is 0 Å². The Kier molecular flexibility index (Phi) is 5.22. The molecule has 4 nitrogen and oxygen atoms in total. The van der Waals surface area contributed by atoms with Crippen molar-refractivity contribution in [2.24, 2.45) is 0 Å². The topological polar surface area (TPSA) is 39.5 Å². The van der Waals surface area contributed by atoms with Crippen LogP contribution < -0.4 is 14.5 Å². The normalized spacial score (nSPS) is 18.2. The first-order valence-electron chi connectivity index (χ1n) is 9.66. The third-order valence-corrected chi connectivity index (χ3v) is 5.23. The zero-order chi connectivity index (χ0) is 20.2. The van der Waals surface area contributed by atoms with Crippen LogP contribution >= 0.6 is 0 Å². The average Bonchev–Trinajstić information content (AvgIpc) is 2.79. The van der Waals surface area contributed by atoms with Crippen molar-refractivity contribution >= 4 is 11.4 Å². The first-order valence-corrected chi connectivity index (χ1v) is 9.66. The van der Waals surface area contributed by atoms with Gasteiger partial charge >= 0.3 is 0 Å². The summed E-state index contributed by atoms with van der Waals surface area (Å²) in [7, 11) is 1.68. The first kappa shape index (κ1) is 18.6. The van der Waals surface area contributed by atoms with Crippen LogP contribution in [0, 0.1) is 11.3 Å². The maximum absolute atomic E-state index is 9.14. The van der Waals surface area contributed by atoms with Gasteiger partial charge in [-0.1, -0.05) is 18.2 Å². The Labute approximate surface area is 171 Å². The number of nitrogens with zero attached hydrogens (tertiary/aromatic N) is 3. The first-order chi connectivity index (χ1) is 14.2. The van der Waals surface area contributed by atoms with Gasteiger partial charge in [0.25, 0.3) is 0 Å². The molecule has 2 heterocycles. The minimum atomic E-state index is 0.206. The molecule has 2 aliphatic heterocycles. The number of hydrogen-bond acceptors (Lipinski definition) is 4. The Morgan fingerprint density at radius 1 is 1.00 bits per heavy atom. The third-order valence-electron chi connectivity index (χ3n) is 5.23. The number of methoxy groups -OCH3 is 1. The molecule has 0 N–H and O–H groups in total. The molecule has 29 heavy (non-hydrogen) atoms. The van der Waals surface area contributed by atoms with Gasteiger partial charge in [0.15, 0.2) is 0 Å². The van der Waals surface area contributed by atoms with E-state index in [1.807, 2.05) is 36.4 Å². The van der Waals surface area contributed by atoms with Crippen LogP contribution in [0.2, 0.25) is 0 Å². The Hall–Kier alpha value is -3.71. The molecule has 2 aromatic carbocycles. The largest absolute Gasteiger partial charge is 0.497 e. The summed E-state index contributed by atoms with van der Waals surface area (Å²) in [6, 6.07) is 18.2. The van der Waals surface area contributed by atoms with Crippen molar-refractivity contribution in [3.8, 4) is 11.8 Å². The monoisotopic (exact) mass is 381 g/mol. The molecule has 0 amide bonds. The molecule has 144 valence electrons. The lowest BCUT2D eigenvalue weighted by Gasteiger charge is -2.30. The lowest BCUT2D eigenvalue weighted by molar-refractivity contribution is 0.415. The summed E-state index contributed by atoms with van der Waals surface area (Å²) in [5, 5.41) is 9.14. The van der Waals surface area contributed by atoms with E-state index in [0.717, 1.165) is 23.7 Å². The van der Waals surface area contributed by atoms with Crippen LogP contribution in [0.3, 0.4) is 0 Å². The van der Waals surface area contributed by atoms with E-state index in [1.54, 1.807) is 7.11 Å². The van der Waals surface area contributed by atoms with Crippen LogP contribution in [0.5, 0.6) is 5.75 Å². The van der Waals surface area contributed by atoms with E-state index in [2.05, 4.69) is 71.6 Å². The van der Waals surface area contributed by atoms with Crippen molar-refractivity contribution in [3.63, 3.8) is 0 Å². The number of anilines is 2. The fourth-order valence-corrected chi connectivity index (χ4v) is 3.62. The molecule has 2 aromatic rings. The van der Waals surface area contributed by atoms with Crippen LogP contribution in [0.1, 0.15) is 12.5 Å². The summed E-state index contributed by atoms with van der Waals surface area (Å²) in [4.78, 5) is 4.39. The summed E-state index contributed by atoms with van der Waals surface area (Å²) in [5.41, 5.74) is 5.29. The van der Waals surface area contributed by atoms with E-state index in [-0.39, 0.29) is 6.04 Å². The lowest BCUT2D eigenvalue weighted by Crippen LogP contribution is -2.29. The Morgan fingerprint density at radius 3 is 2.45 bits per heavy atom. The number of hydrogen-bond donors (Lipinski definition) is 0. The second-order valence-corrected chi connectivity index (χ2v) is 7.07. The quantitative estimate of drug-likeness (QED) is 0.732. The summed E-state index contributed by atoms with van der Waals surface area (Å²) in [6.07, 6.45) is 13.0. The average molecular weight is 381 g/mol. The minimum absolute atomic E-state index is 0.206. The molecule has 4 heteroatoms. The Morgan fingerprint density at radius 2 is 1.79 bits per heavy atom. The van der Waals surface area contributed by atoms with Gasteiger partial charge in [-0.25, -0.2) is 0 Å². The van der Waals surface area contributed by atoms with E-state index in [0.29, 0.717) is 5.56 Å². The molecule has 1 unspecified atom stereocenters. The zero-order valence-electron chi connectivity index (χ0n) is 16.6. The van der Waals surface area contributed by atoms with E-state index >= 15 is 0 Å². The Balaban J connectivity index is 1.46. The predicted molar refractivity (Wildman–Crippen MR) is 118 cm³/mol. The smallest absolute Gasteiger partial charge is 0.119 e. The summed E-state index contributed by atoms with van der Waals surface area (Å²) >= 11 is 0. The molecule has 0 aromatic heterocycles. The molecule has 0 fully saturated rings. The molecule has 0 saturated carbocycles. The lowest BCUT2D eigenvalue weighted by atomic mass is 9.98. The third kappa shape index (κ3) is 3.95. The van der Waals surface area contributed by atoms with Crippen LogP contribution in [-0.4, -0.2) is 19.7 Å². The van der Waals surface area contributed by atoms with E-state index in [1.165, 1.54) is 11.1 Å². The standard InChI is InChI=1S/C25H23N3O/c1-19-16-22(12-15-28(19)24-5-3-4-20(17-24)18-26)21-10-13-27(14-11-21)23-6-8-25(29-2)9-7-23/h3-13,15-17,19H,14H2,1-2H3. The maximum Gasteiger partial charge on any atom is 0.119 e. The van der Waals surface area contributed by atoms with E-state index < -0.39 is 0 Å². The predicted octanol–water partition coefficient (Wildman–Crippen LogP) is 5.18. The number of nitriles is 1. The second-order valence-electron chi connectivity index (χ2n) is 7.07.